The standard InChI is InChI=1S/C73H4.C15H15BrO2.C15H16O2.CH4.Al.BHNS.B.HN/c1-3-5-7-9-11-13-15-17-19-21-23-25-27-29-31-33-35-37-39-41-43-45-47-49-51-53-55-57-59-61-63-65-67-69-71-73-72-70-68-66-64-62-60-58-56-54-52-50-48-46-44-42-40-38-36-34-32-30-28-26-24-22-20-18-16-14-12-10-8-6-4-2;16-12-13-5-4-8-15(11-13)18-10-9-17-14-6-2-1-3-7-14;1-13-6-5-9-15(12-13)17-11-10-16-14-7-3-2-4-8-14;;;1-2-3;;/h1-2H2;1-8,11H,9-10,12H2;2-9,12H,10-11H2,1H3;1H4;;3H;;1H. The molecule has 0 heterocycles. The van der Waals surface area contributed by atoms with Crippen molar-refractivity contribution in [2.45, 2.75) is 19.7 Å². The van der Waals surface area contributed by atoms with Crippen LogP contribution in [0.2, 0.25) is 0 Å². The van der Waals surface area contributed by atoms with Gasteiger partial charge in [-0.2, -0.15) is 0 Å². The first-order chi connectivity index (χ1) is 56.1. The second-order valence-corrected chi connectivity index (χ2v) is 17.5. The van der Waals surface area contributed by atoms with Crippen molar-refractivity contribution in [3.63, 3.8) is 0 Å². The van der Waals surface area contributed by atoms with E-state index in [9.17, 15) is 0 Å². The molecule has 6 nitrogen and oxygen atoms in total. The van der Waals surface area contributed by atoms with Gasteiger partial charge >= 0.3 is 45.2 Å². The van der Waals surface area contributed by atoms with Gasteiger partial charge in [-0.05, 0) is 171 Å². The van der Waals surface area contributed by atoms with Crippen LogP contribution in [0.5, 0.6) is 23.0 Å². The van der Waals surface area contributed by atoms with Crippen molar-refractivity contribution in [1.82, 2.24) is 0 Å². The topological polar surface area (TPSA) is 73.1 Å². The van der Waals surface area contributed by atoms with Crippen LogP contribution in [0, 0.1) is 11.3 Å². The molecule has 513 valence electrons. The Morgan fingerprint density at radius 2 is 0.443 bits per heavy atom. The summed E-state index contributed by atoms with van der Waals surface area (Å²) in [6.45, 7) is 10.9. The van der Waals surface area contributed by atoms with E-state index in [1.165, 1.54) is 11.1 Å². The molecule has 0 fully saturated rings. The average molecular weight is 1540 g/mol. The first-order valence-electron chi connectivity index (χ1n) is 30.5. The minimum atomic E-state index is 0. The number of hydrogen-bond acceptors (Lipinski definition) is 7. The van der Waals surface area contributed by atoms with Gasteiger partial charge in [0, 0.05) is 317 Å². The zero-order valence-corrected chi connectivity index (χ0v) is 63.6. The number of thiol groups is 1. The molecule has 5 radical (unpaired) electrons. The van der Waals surface area contributed by atoms with Crippen LogP contribution in [0.4, 0.5) is 0 Å². The van der Waals surface area contributed by atoms with Crippen molar-refractivity contribution in [1.29, 1.82) is 4.35 Å². The average Bonchev–Trinajstić information content (AvgIpc) is 0.924. The van der Waals surface area contributed by atoms with Crippen LogP contribution in [-0.4, -0.2) is 58.6 Å². The molecule has 4 aromatic rings. The van der Waals surface area contributed by atoms with E-state index in [4.69, 9.17) is 23.3 Å². The number of halogens is 1. The van der Waals surface area contributed by atoms with Gasteiger partial charge in [0.25, 0.3) is 0 Å². The van der Waals surface area contributed by atoms with E-state index >= 15 is 0 Å². The van der Waals surface area contributed by atoms with Gasteiger partial charge in [0.2, 0.25) is 0 Å². The number of para-hydroxylation sites is 2. The second-order valence-electron chi connectivity index (χ2n) is 16.7. The SMILES string of the molecule is BrCc1cccc(OCCOc2ccccc2)c1.C.C=C=C=C=C=C=C=C=C=C=C=C=C=C=C=C=C=C=C=C=C=C=C=C=C=C=C=C=C=C=C=C=C=C=C=C=C=C=C=C=C=C=C=C=C=C=C=C=C=C=C=C=C=C=C=C=C=C=C=C=C=C=C=C=C=C=C=C=C=C=C=C=C.Cc1cccc(OCCOc2ccccc2)c1.[B].[B]=NS.[NH]=[Al]. The zero-order valence-electron chi connectivity index (χ0n) is 60.0. The normalized spacial score (nSPS) is 5.68. The molecular formula is C104H41AlB2BrN2O4S. The first kappa shape index (κ1) is 100. The third-order valence-electron chi connectivity index (χ3n) is 9.20. The Hall–Kier alpha value is -18.7. The molecule has 0 unspecified atom stereocenters. The molecular weight excluding hydrogens is 1500 g/mol. The van der Waals surface area contributed by atoms with Gasteiger partial charge in [-0.15, -0.1) is 0 Å². The zero-order chi connectivity index (χ0) is 81.5. The molecule has 0 aliphatic carbocycles. The molecule has 0 bridgehead atoms. The number of hydrogen-bond donors (Lipinski definition) is 2. The van der Waals surface area contributed by atoms with Crippen LogP contribution >= 0.6 is 28.7 Å². The van der Waals surface area contributed by atoms with E-state index in [1.54, 1.807) is 16.1 Å². The summed E-state index contributed by atoms with van der Waals surface area (Å²) in [6.07, 6.45) is 0. The van der Waals surface area contributed by atoms with Gasteiger partial charge in [0.1, 0.15) is 49.4 Å². The molecule has 4 rings (SSSR count). The predicted molar refractivity (Wildman–Crippen MR) is 444 cm³/mol. The fourth-order valence-electron chi connectivity index (χ4n) is 5.28. The number of rotatable bonds is 11. The Kier molecular flexibility index (Phi) is 76.6. The second kappa shape index (κ2) is 87.7. The summed E-state index contributed by atoms with van der Waals surface area (Å²) in [5.41, 5.74) is 179. The Labute approximate surface area is 692 Å². The molecule has 4 aromatic carbocycles. The van der Waals surface area contributed by atoms with E-state index < -0.39 is 0 Å². The van der Waals surface area contributed by atoms with E-state index in [-0.39, 0.29) is 15.8 Å². The van der Waals surface area contributed by atoms with Crippen molar-refractivity contribution in [2.75, 3.05) is 26.4 Å². The summed E-state index contributed by atoms with van der Waals surface area (Å²) >= 11 is 8.28. The van der Waals surface area contributed by atoms with Gasteiger partial charge in [-0.1, -0.05) is 95.5 Å². The predicted octanol–water partition coefficient (Wildman–Crippen LogP) is 19.7. The van der Waals surface area contributed by atoms with Crippen LogP contribution in [0.25, 0.3) is 0 Å². The fraction of sp³-hybridized carbons (Fsp3) is 0.0673. The molecule has 0 aliphatic rings. The molecule has 0 aromatic heterocycles. The summed E-state index contributed by atoms with van der Waals surface area (Å²) in [5.74, 6) is 3.51. The summed E-state index contributed by atoms with van der Waals surface area (Å²) < 4.78 is 30.7. The number of nitrogens with zero attached hydrogens (tertiary/aromatic N) is 1. The molecule has 115 heavy (non-hydrogen) atoms. The molecule has 0 atom stereocenters. The molecule has 0 saturated carbocycles. The van der Waals surface area contributed by atoms with E-state index in [1.807, 2.05) is 110 Å². The van der Waals surface area contributed by atoms with Gasteiger partial charge < -0.3 is 18.9 Å². The summed E-state index contributed by atoms with van der Waals surface area (Å²) in [6, 6.07) is 35.5. The third kappa shape index (κ3) is 77.7. The monoisotopic (exact) mass is 1540 g/mol. The van der Waals surface area contributed by atoms with Crippen molar-refractivity contribution in [3.05, 3.63) is 540 Å². The third-order valence-corrected chi connectivity index (χ3v) is 9.84. The Balaban J connectivity index is -0.00000238. The Morgan fingerprint density at radius 3 is 0.617 bits per heavy atom. The molecule has 0 aliphatic heterocycles. The number of aryl methyl sites for hydroxylation is 1. The maximum absolute atomic E-state index is 5.67. The van der Waals surface area contributed by atoms with E-state index in [2.05, 4.69) is 467 Å². The fourth-order valence-corrected chi connectivity index (χ4v) is 5.63. The van der Waals surface area contributed by atoms with Gasteiger partial charge in [0.15, 0.2) is 0 Å². The van der Waals surface area contributed by atoms with Crippen LogP contribution in [0.15, 0.2) is 534 Å². The van der Waals surface area contributed by atoms with Gasteiger partial charge in [-0.3, -0.25) is 0 Å². The molecule has 1 N–H and O–H groups in total. The first-order valence-corrected chi connectivity index (χ1v) is 32.6. The summed E-state index contributed by atoms with van der Waals surface area (Å²) in [7, 11) is 4.34. The van der Waals surface area contributed by atoms with Crippen molar-refractivity contribution >= 4 is 60.9 Å². The molecule has 11 heteroatoms. The minimum absolute atomic E-state index is 0. The number of alkyl halides is 1. The number of benzene rings is 4. The number of ether oxygens (including phenoxy) is 4. The maximum atomic E-state index is 5.67. The van der Waals surface area contributed by atoms with E-state index in [0.29, 0.717) is 26.4 Å². The van der Waals surface area contributed by atoms with Crippen LogP contribution in [-0.2, 0) is 5.33 Å². The quantitative estimate of drug-likeness (QED) is 0.0516. The Morgan fingerprint density at radius 1 is 0.287 bits per heavy atom. The van der Waals surface area contributed by atoms with E-state index in [0.717, 1.165) is 28.3 Å². The van der Waals surface area contributed by atoms with Crippen LogP contribution in [0.1, 0.15) is 18.6 Å². The van der Waals surface area contributed by atoms with Crippen molar-refractivity contribution in [3.8, 4) is 23.0 Å². The van der Waals surface area contributed by atoms with Crippen molar-refractivity contribution < 1.29 is 18.9 Å². The Bertz CT molecular complexity index is 7000. The molecule has 0 amide bonds. The molecule has 0 saturated heterocycles. The summed E-state index contributed by atoms with van der Waals surface area (Å²) in [5, 5.41) is 0.838. The van der Waals surface area contributed by atoms with Gasteiger partial charge in [-0.25, -0.2) is 0 Å². The van der Waals surface area contributed by atoms with Crippen molar-refractivity contribution in [2.24, 2.45) is 4.30 Å². The number of nitrogens with one attached hydrogen (secondary N) is 1. The molecule has 0 spiro atoms. The summed E-state index contributed by atoms with van der Waals surface area (Å²) in [4.78, 5) is 0. The van der Waals surface area contributed by atoms with Gasteiger partial charge in [0.05, 0.1) is 0 Å². The van der Waals surface area contributed by atoms with Crippen LogP contribution in [0.3, 0.4) is 0 Å². The van der Waals surface area contributed by atoms with Crippen LogP contribution < -0.4 is 18.9 Å².